The lowest BCUT2D eigenvalue weighted by Crippen LogP contribution is -2.14. The minimum Gasteiger partial charge on any atom is -0.508 e. The third-order valence-electron chi connectivity index (χ3n) is 5.05. The normalized spacial score (nSPS) is 10.9. The lowest BCUT2D eigenvalue weighted by Gasteiger charge is -2.13. The van der Waals surface area contributed by atoms with E-state index in [1.54, 1.807) is 43.6 Å². The van der Waals surface area contributed by atoms with Crippen LogP contribution in [0.15, 0.2) is 54.9 Å². The van der Waals surface area contributed by atoms with Gasteiger partial charge in [0.2, 0.25) is 5.88 Å². The van der Waals surface area contributed by atoms with Gasteiger partial charge in [0.15, 0.2) is 0 Å². The van der Waals surface area contributed by atoms with E-state index in [9.17, 15) is 9.90 Å². The number of phenolic OH excluding ortho intramolecular Hbond substituents is 1. The van der Waals surface area contributed by atoms with Crippen molar-refractivity contribution in [2.75, 3.05) is 13.7 Å². The zero-order valence-electron chi connectivity index (χ0n) is 17.6. The Kier molecular flexibility index (Phi) is 5.58. The van der Waals surface area contributed by atoms with Crippen molar-refractivity contribution in [3.8, 4) is 22.8 Å². The van der Waals surface area contributed by atoms with Gasteiger partial charge in [-0.1, -0.05) is 0 Å². The van der Waals surface area contributed by atoms with Crippen LogP contribution in [-0.4, -0.2) is 39.3 Å². The molecule has 158 valence electrons. The maximum Gasteiger partial charge on any atom is 0.355 e. The first-order valence-corrected chi connectivity index (χ1v) is 9.96. The smallest absolute Gasteiger partial charge is 0.355 e. The number of hydrogen-bond donors (Lipinski definition) is 1. The van der Waals surface area contributed by atoms with Crippen LogP contribution in [0.2, 0.25) is 0 Å². The number of nitrogens with zero attached hydrogens (tertiary/aromatic N) is 3. The zero-order valence-corrected chi connectivity index (χ0v) is 17.6. The predicted octanol–water partition coefficient (Wildman–Crippen LogP) is 4.35. The number of ether oxygens (including phenoxy) is 2. The maximum absolute atomic E-state index is 13.2. The van der Waals surface area contributed by atoms with Gasteiger partial charge in [0.1, 0.15) is 11.4 Å². The molecule has 3 aromatic heterocycles. The second kappa shape index (κ2) is 8.47. The summed E-state index contributed by atoms with van der Waals surface area (Å²) in [7, 11) is 1.53. The van der Waals surface area contributed by atoms with Crippen molar-refractivity contribution in [2.45, 2.75) is 20.4 Å². The molecule has 3 heterocycles. The van der Waals surface area contributed by atoms with Gasteiger partial charge in [-0.3, -0.25) is 4.98 Å². The first-order valence-electron chi connectivity index (χ1n) is 9.96. The van der Waals surface area contributed by atoms with E-state index >= 15 is 0 Å². The average molecular weight is 417 g/mol. The van der Waals surface area contributed by atoms with Gasteiger partial charge in [-0.15, -0.1) is 0 Å². The Morgan fingerprint density at radius 1 is 1.13 bits per heavy atom. The second-order valence-electron chi connectivity index (χ2n) is 7.10. The number of benzene rings is 1. The van der Waals surface area contributed by atoms with Crippen LogP contribution in [0.25, 0.3) is 22.0 Å². The first kappa shape index (κ1) is 20.4. The van der Waals surface area contributed by atoms with Gasteiger partial charge < -0.3 is 19.1 Å². The van der Waals surface area contributed by atoms with E-state index in [1.165, 1.54) is 7.11 Å². The third-order valence-corrected chi connectivity index (χ3v) is 5.05. The fourth-order valence-corrected chi connectivity index (χ4v) is 3.82. The van der Waals surface area contributed by atoms with Crippen molar-refractivity contribution < 1.29 is 19.4 Å². The molecule has 0 bridgehead atoms. The lowest BCUT2D eigenvalue weighted by atomic mass is 10.0. The van der Waals surface area contributed by atoms with Gasteiger partial charge >= 0.3 is 5.97 Å². The number of fused-ring (bicyclic) bond motifs is 1. The summed E-state index contributed by atoms with van der Waals surface area (Å²) in [5.74, 6) is 0.0315. The predicted molar refractivity (Wildman–Crippen MR) is 117 cm³/mol. The van der Waals surface area contributed by atoms with Crippen LogP contribution in [0.3, 0.4) is 0 Å². The van der Waals surface area contributed by atoms with Gasteiger partial charge in [-0.05, 0) is 61.9 Å². The molecule has 1 N–H and O–H groups in total. The molecule has 0 spiro atoms. The molecule has 0 saturated heterocycles. The summed E-state index contributed by atoms with van der Waals surface area (Å²) in [4.78, 5) is 21.8. The molecule has 0 saturated carbocycles. The summed E-state index contributed by atoms with van der Waals surface area (Å²) in [6.07, 6.45) is 3.38. The summed E-state index contributed by atoms with van der Waals surface area (Å²) in [6, 6.07) is 12.6. The Morgan fingerprint density at radius 3 is 2.71 bits per heavy atom. The zero-order chi connectivity index (χ0) is 22.0. The molecule has 0 aliphatic heterocycles. The van der Waals surface area contributed by atoms with E-state index in [4.69, 9.17) is 9.47 Å². The summed E-state index contributed by atoms with van der Waals surface area (Å²) in [5.41, 5.74) is 4.30. The van der Waals surface area contributed by atoms with Crippen LogP contribution in [0.5, 0.6) is 11.6 Å². The molecular formula is C24H23N3O4. The molecule has 0 aliphatic rings. The highest BCUT2D eigenvalue weighted by Gasteiger charge is 2.27. The highest BCUT2D eigenvalue weighted by atomic mass is 16.5. The number of hydrogen-bond acceptors (Lipinski definition) is 6. The van der Waals surface area contributed by atoms with Crippen LogP contribution in [0.4, 0.5) is 0 Å². The van der Waals surface area contributed by atoms with E-state index in [1.807, 2.05) is 29.7 Å². The van der Waals surface area contributed by atoms with Crippen molar-refractivity contribution in [1.82, 2.24) is 14.5 Å². The van der Waals surface area contributed by atoms with Crippen LogP contribution in [0.1, 0.15) is 28.7 Å². The summed E-state index contributed by atoms with van der Waals surface area (Å²) in [6.45, 7) is 4.37. The molecule has 0 atom stereocenters. The Morgan fingerprint density at radius 2 is 1.97 bits per heavy atom. The van der Waals surface area contributed by atoms with Crippen LogP contribution >= 0.6 is 0 Å². The quantitative estimate of drug-likeness (QED) is 0.470. The third kappa shape index (κ3) is 3.82. The summed E-state index contributed by atoms with van der Waals surface area (Å²) < 4.78 is 12.8. The minimum absolute atomic E-state index is 0.101. The Hall–Kier alpha value is -3.87. The SMILES string of the molecule is CCOC(=O)c1c(-c2cccnc2OC)c2cc(O)ccc2n1Cc1ccnc(C)c1. The molecule has 4 aromatic rings. The van der Waals surface area contributed by atoms with E-state index in [2.05, 4.69) is 9.97 Å². The molecule has 0 unspecified atom stereocenters. The Labute approximate surface area is 179 Å². The standard InChI is InChI=1S/C24H23N3O4/c1-4-31-24(29)22-21(18-6-5-10-26-23(18)30-3)19-13-17(28)7-8-20(19)27(22)14-16-9-11-25-15(2)12-16/h5-13,28H,4,14H2,1-3H3. The largest absolute Gasteiger partial charge is 0.508 e. The Bertz CT molecular complexity index is 1260. The highest BCUT2D eigenvalue weighted by Crippen LogP contribution is 2.40. The molecule has 0 amide bonds. The van der Waals surface area contributed by atoms with E-state index in [0.29, 0.717) is 34.6 Å². The molecule has 7 heteroatoms. The molecule has 0 fully saturated rings. The fourth-order valence-electron chi connectivity index (χ4n) is 3.82. The van der Waals surface area contributed by atoms with Gasteiger partial charge in [0.05, 0.1) is 13.7 Å². The maximum atomic E-state index is 13.2. The first-order chi connectivity index (χ1) is 15.0. The van der Waals surface area contributed by atoms with E-state index < -0.39 is 5.97 Å². The Balaban J connectivity index is 2.06. The number of aromatic nitrogens is 3. The molecular weight excluding hydrogens is 394 g/mol. The number of carbonyl (C=O) groups excluding carboxylic acids is 1. The van der Waals surface area contributed by atoms with Gasteiger partial charge in [0.25, 0.3) is 0 Å². The molecule has 0 aliphatic carbocycles. The topological polar surface area (TPSA) is 86.5 Å². The second-order valence-corrected chi connectivity index (χ2v) is 7.10. The molecule has 31 heavy (non-hydrogen) atoms. The molecule has 0 radical (unpaired) electrons. The van der Waals surface area contributed by atoms with Crippen LogP contribution in [-0.2, 0) is 11.3 Å². The van der Waals surface area contributed by atoms with Crippen molar-refractivity contribution in [2.24, 2.45) is 0 Å². The van der Waals surface area contributed by atoms with Crippen molar-refractivity contribution in [1.29, 1.82) is 0 Å². The number of aryl methyl sites for hydroxylation is 1. The van der Waals surface area contributed by atoms with E-state index in [-0.39, 0.29) is 12.4 Å². The number of methoxy groups -OCH3 is 1. The number of phenols is 1. The van der Waals surface area contributed by atoms with Gasteiger partial charge in [-0.25, -0.2) is 9.78 Å². The number of pyridine rings is 2. The highest BCUT2D eigenvalue weighted by molar-refractivity contribution is 6.09. The lowest BCUT2D eigenvalue weighted by molar-refractivity contribution is 0.0516. The monoisotopic (exact) mass is 417 g/mol. The van der Waals surface area contributed by atoms with Crippen LogP contribution < -0.4 is 4.74 Å². The van der Waals surface area contributed by atoms with Crippen molar-refractivity contribution >= 4 is 16.9 Å². The minimum atomic E-state index is -0.454. The fraction of sp³-hybridized carbons (Fsp3) is 0.208. The summed E-state index contributed by atoms with van der Waals surface area (Å²) in [5, 5.41) is 10.9. The van der Waals surface area contributed by atoms with Crippen LogP contribution in [0, 0.1) is 6.92 Å². The average Bonchev–Trinajstić information content (AvgIpc) is 3.07. The van der Waals surface area contributed by atoms with Gasteiger partial charge in [-0.2, -0.15) is 0 Å². The number of aromatic hydroxyl groups is 1. The van der Waals surface area contributed by atoms with Gasteiger partial charge in [0, 0.05) is 46.7 Å². The summed E-state index contributed by atoms with van der Waals surface area (Å²) >= 11 is 0. The van der Waals surface area contributed by atoms with E-state index in [0.717, 1.165) is 16.8 Å². The number of carbonyl (C=O) groups is 1. The number of esters is 1. The van der Waals surface area contributed by atoms with Crippen molar-refractivity contribution in [3.63, 3.8) is 0 Å². The number of rotatable bonds is 6. The molecule has 4 rings (SSSR count). The molecule has 1 aromatic carbocycles. The molecule has 7 nitrogen and oxygen atoms in total. The van der Waals surface area contributed by atoms with Crippen molar-refractivity contribution in [3.05, 3.63) is 71.8 Å².